The second kappa shape index (κ2) is 9.50. The zero-order chi connectivity index (χ0) is 17.3. The third kappa shape index (κ3) is 6.99. The first-order chi connectivity index (χ1) is 10.9. The first-order valence-corrected chi connectivity index (χ1v) is 9.51. The first-order valence-electron chi connectivity index (χ1n) is 7.86. The fraction of sp³-hybridized carbons (Fsp3) is 0.562. The highest BCUT2D eigenvalue weighted by Crippen LogP contribution is 2.14. The highest BCUT2D eigenvalue weighted by atomic mass is 32.2. The molecule has 0 bridgehead atoms. The molecule has 1 aromatic rings. The summed E-state index contributed by atoms with van der Waals surface area (Å²) < 4.78 is 37.9. The van der Waals surface area contributed by atoms with E-state index in [1.54, 1.807) is 0 Å². The maximum absolute atomic E-state index is 13.6. The van der Waals surface area contributed by atoms with E-state index < -0.39 is 15.7 Å². The molecule has 0 spiro atoms. The zero-order valence-electron chi connectivity index (χ0n) is 14.0. The minimum atomic E-state index is -3.66. The van der Waals surface area contributed by atoms with E-state index in [0.717, 1.165) is 12.5 Å². The summed E-state index contributed by atoms with van der Waals surface area (Å²) >= 11 is 0. The predicted molar refractivity (Wildman–Crippen MR) is 91.9 cm³/mol. The molecule has 5 nitrogen and oxygen atoms in total. The standard InChI is InChI=1S/C16H26FN3O2S/c1-4-18-16(19-10-9-13(2)3)20-11-12-23(21,22)15-8-6-5-7-14(15)17/h5-8,13H,4,9-12H2,1-3H3,(H2,18,19,20). The number of hydrogen-bond donors (Lipinski definition) is 2. The Morgan fingerprint density at radius 3 is 2.57 bits per heavy atom. The van der Waals surface area contributed by atoms with Crippen molar-refractivity contribution in [1.82, 2.24) is 10.6 Å². The molecule has 0 aliphatic heterocycles. The van der Waals surface area contributed by atoms with E-state index in [1.165, 1.54) is 18.2 Å². The molecule has 0 aliphatic rings. The number of benzene rings is 1. The number of guanidine groups is 1. The molecule has 7 heteroatoms. The lowest BCUT2D eigenvalue weighted by Crippen LogP contribution is -2.39. The van der Waals surface area contributed by atoms with Crippen molar-refractivity contribution in [2.45, 2.75) is 32.1 Å². The molecule has 130 valence electrons. The summed E-state index contributed by atoms with van der Waals surface area (Å²) in [6.07, 6.45) is 0.962. The topological polar surface area (TPSA) is 70.6 Å². The normalized spacial score (nSPS) is 12.5. The number of nitrogens with zero attached hydrogens (tertiary/aromatic N) is 1. The van der Waals surface area contributed by atoms with Gasteiger partial charge in [-0.05, 0) is 31.4 Å². The van der Waals surface area contributed by atoms with Crippen LogP contribution < -0.4 is 10.6 Å². The second-order valence-corrected chi connectivity index (χ2v) is 7.70. The van der Waals surface area contributed by atoms with Gasteiger partial charge in [0.1, 0.15) is 10.7 Å². The molecule has 1 rings (SSSR count). The average molecular weight is 343 g/mol. The first kappa shape index (κ1) is 19.4. The van der Waals surface area contributed by atoms with Gasteiger partial charge in [-0.2, -0.15) is 0 Å². The molecular weight excluding hydrogens is 317 g/mol. The fourth-order valence-electron chi connectivity index (χ4n) is 1.89. The Morgan fingerprint density at radius 2 is 1.96 bits per heavy atom. The lowest BCUT2D eigenvalue weighted by molar-refractivity contribution is 0.566. The van der Waals surface area contributed by atoms with Crippen molar-refractivity contribution < 1.29 is 12.8 Å². The Hall–Kier alpha value is -1.63. The summed E-state index contributed by atoms with van der Waals surface area (Å²) in [6, 6.07) is 5.42. The molecule has 0 amide bonds. The molecule has 2 N–H and O–H groups in total. The lowest BCUT2D eigenvalue weighted by Gasteiger charge is -2.12. The summed E-state index contributed by atoms with van der Waals surface area (Å²) in [5.41, 5.74) is 0. The summed E-state index contributed by atoms with van der Waals surface area (Å²) in [7, 11) is -3.66. The van der Waals surface area contributed by atoms with Crippen molar-refractivity contribution in [3.8, 4) is 0 Å². The number of rotatable bonds is 8. The summed E-state index contributed by atoms with van der Waals surface area (Å²) in [4.78, 5) is 4.13. The van der Waals surface area contributed by atoms with Crippen LogP contribution in [0.25, 0.3) is 0 Å². The van der Waals surface area contributed by atoms with Gasteiger partial charge in [-0.25, -0.2) is 12.8 Å². The third-order valence-corrected chi connectivity index (χ3v) is 4.90. The lowest BCUT2D eigenvalue weighted by atomic mass is 10.1. The van der Waals surface area contributed by atoms with E-state index in [9.17, 15) is 12.8 Å². The van der Waals surface area contributed by atoms with Gasteiger partial charge in [-0.3, -0.25) is 4.99 Å². The Kier molecular flexibility index (Phi) is 8.02. The number of aliphatic imine (C=N–C) groups is 1. The SMILES string of the molecule is CCNC(=NCCC(C)C)NCCS(=O)(=O)c1ccccc1F. The molecule has 0 aliphatic carbocycles. The molecule has 0 fully saturated rings. The number of nitrogens with one attached hydrogen (secondary N) is 2. The molecule has 1 aromatic carbocycles. The van der Waals surface area contributed by atoms with Gasteiger partial charge >= 0.3 is 0 Å². The Morgan fingerprint density at radius 1 is 1.26 bits per heavy atom. The Labute approximate surface area is 138 Å². The van der Waals surface area contributed by atoms with Crippen LogP contribution in [-0.2, 0) is 9.84 Å². The van der Waals surface area contributed by atoms with Crippen LogP contribution in [0.1, 0.15) is 27.2 Å². The van der Waals surface area contributed by atoms with Crippen molar-refractivity contribution in [1.29, 1.82) is 0 Å². The van der Waals surface area contributed by atoms with E-state index in [2.05, 4.69) is 29.5 Å². The smallest absolute Gasteiger partial charge is 0.191 e. The van der Waals surface area contributed by atoms with Crippen molar-refractivity contribution in [2.75, 3.05) is 25.4 Å². The summed E-state index contributed by atoms with van der Waals surface area (Å²) in [6.45, 7) is 7.72. The van der Waals surface area contributed by atoms with E-state index in [0.29, 0.717) is 25.0 Å². The van der Waals surface area contributed by atoms with E-state index in [4.69, 9.17) is 0 Å². The van der Waals surface area contributed by atoms with Crippen molar-refractivity contribution in [3.63, 3.8) is 0 Å². The Balaban J connectivity index is 2.60. The number of halogens is 1. The Bertz CT molecular complexity index is 616. The quantitative estimate of drug-likeness (QED) is 0.561. The average Bonchev–Trinajstić information content (AvgIpc) is 2.47. The van der Waals surface area contributed by atoms with E-state index in [1.807, 2.05) is 6.92 Å². The van der Waals surface area contributed by atoms with Crippen molar-refractivity contribution in [3.05, 3.63) is 30.1 Å². The molecule has 0 heterocycles. The maximum Gasteiger partial charge on any atom is 0.191 e. The molecule has 0 radical (unpaired) electrons. The van der Waals surface area contributed by atoms with Gasteiger partial charge in [0.2, 0.25) is 0 Å². The van der Waals surface area contributed by atoms with Gasteiger partial charge in [0.15, 0.2) is 15.8 Å². The minimum absolute atomic E-state index is 0.171. The van der Waals surface area contributed by atoms with Crippen LogP contribution in [0.15, 0.2) is 34.2 Å². The number of sulfone groups is 1. The minimum Gasteiger partial charge on any atom is -0.357 e. The van der Waals surface area contributed by atoms with Gasteiger partial charge in [0, 0.05) is 19.6 Å². The third-order valence-electron chi connectivity index (χ3n) is 3.16. The van der Waals surface area contributed by atoms with Crippen LogP contribution in [0.2, 0.25) is 0 Å². The second-order valence-electron chi connectivity index (χ2n) is 5.62. The largest absolute Gasteiger partial charge is 0.357 e. The van der Waals surface area contributed by atoms with Crippen LogP contribution in [0.3, 0.4) is 0 Å². The molecule has 0 saturated carbocycles. The molecule has 0 saturated heterocycles. The fourth-order valence-corrected chi connectivity index (χ4v) is 3.13. The molecule has 0 unspecified atom stereocenters. The summed E-state index contributed by atoms with van der Waals surface area (Å²) in [5.74, 6) is 0.229. The molecular formula is C16H26FN3O2S. The summed E-state index contributed by atoms with van der Waals surface area (Å²) in [5, 5.41) is 6.04. The van der Waals surface area contributed by atoms with Crippen LogP contribution >= 0.6 is 0 Å². The van der Waals surface area contributed by atoms with Crippen LogP contribution in [0.4, 0.5) is 4.39 Å². The van der Waals surface area contributed by atoms with Gasteiger partial charge < -0.3 is 10.6 Å². The van der Waals surface area contributed by atoms with Crippen molar-refractivity contribution in [2.24, 2.45) is 10.9 Å². The van der Waals surface area contributed by atoms with Gasteiger partial charge in [0.05, 0.1) is 5.75 Å². The van der Waals surface area contributed by atoms with Crippen molar-refractivity contribution >= 4 is 15.8 Å². The van der Waals surface area contributed by atoms with Gasteiger partial charge in [-0.1, -0.05) is 26.0 Å². The van der Waals surface area contributed by atoms with Crippen LogP contribution in [0.5, 0.6) is 0 Å². The van der Waals surface area contributed by atoms with E-state index in [-0.39, 0.29) is 17.2 Å². The van der Waals surface area contributed by atoms with Gasteiger partial charge in [0.25, 0.3) is 0 Å². The highest BCUT2D eigenvalue weighted by Gasteiger charge is 2.18. The van der Waals surface area contributed by atoms with Gasteiger partial charge in [-0.15, -0.1) is 0 Å². The molecule has 0 atom stereocenters. The maximum atomic E-state index is 13.6. The monoisotopic (exact) mass is 343 g/mol. The highest BCUT2D eigenvalue weighted by molar-refractivity contribution is 7.91. The van der Waals surface area contributed by atoms with E-state index >= 15 is 0 Å². The molecule has 0 aromatic heterocycles. The van der Waals surface area contributed by atoms with Crippen LogP contribution in [0, 0.1) is 11.7 Å². The molecule has 23 heavy (non-hydrogen) atoms. The predicted octanol–water partition coefficient (Wildman–Crippen LogP) is 2.20. The zero-order valence-corrected chi connectivity index (χ0v) is 14.8. The number of hydrogen-bond acceptors (Lipinski definition) is 3. The van der Waals surface area contributed by atoms with Crippen LogP contribution in [-0.4, -0.2) is 39.8 Å².